The standard InChI is InChI=1S/C27H31FN2O/c1-18-5-9-21(10-6-18)11-16-25(23-14-15-24(28)20(3)17-23)30-26(27(31)29-4)22-12-7-19(2)8-13-22/h5-10,12-15,17,25-26,30H,11,16H2,1-4H3,(H,29,31)/t25-,26?/m1/s1. The minimum absolute atomic E-state index is 0.0944. The lowest BCUT2D eigenvalue weighted by Gasteiger charge is -2.26. The van der Waals surface area contributed by atoms with E-state index in [1.54, 1.807) is 14.0 Å². The smallest absolute Gasteiger partial charge is 0.241 e. The molecule has 1 amide bonds. The molecule has 3 rings (SSSR count). The molecule has 1 unspecified atom stereocenters. The maximum Gasteiger partial charge on any atom is 0.241 e. The van der Waals surface area contributed by atoms with E-state index in [2.05, 4.69) is 41.8 Å². The van der Waals surface area contributed by atoms with Gasteiger partial charge in [0.25, 0.3) is 0 Å². The maximum absolute atomic E-state index is 13.9. The first-order chi connectivity index (χ1) is 14.9. The van der Waals surface area contributed by atoms with Gasteiger partial charge in [-0.15, -0.1) is 0 Å². The van der Waals surface area contributed by atoms with Crippen molar-refractivity contribution in [3.8, 4) is 0 Å². The molecule has 0 saturated carbocycles. The van der Waals surface area contributed by atoms with E-state index in [0.717, 1.165) is 29.5 Å². The molecule has 0 fully saturated rings. The van der Waals surface area contributed by atoms with Crippen molar-refractivity contribution < 1.29 is 9.18 Å². The fourth-order valence-electron chi connectivity index (χ4n) is 3.72. The third-order valence-electron chi connectivity index (χ3n) is 5.71. The molecule has 0 heterocycles. The zero-order chi connectivity index (χ0) is 22.4. The molecule has 3 aromatic rings. The number of halogens is 1. The van der Waals surface area contributed by atoms with E-state index in [1.807, 2.05) is 43.3 Å². The number of amides is 1. The molecule has 0 aliphatic heterocycles. The predicted octanol–water partition coefficient (Wildman–Crippen LogP) is 5.50. The largest absolute Gasteiger partial charge is 0.358 e. The molecule has 3 aromatic carbocycles. The summed E-state index contributed by atoms with van der Waals surface area (Å²) in [5.74, 6) is -0.314. The third-order valence-corrected chi connectivity index (χ3v) is 5.71. The van der Waals surface area contributed by atoms with Crippen LogP contribution in [-0.4, -0.2) is 13.0 Å². The summed E-state index contributed by atoms with van der Waals surface area (Å²) in [6.07, 6.45) is 1.64. The van der Waals surface area contributed by atoms with Crippen molar-refractivity contribution in [2.45, 2.75) is 45.7 Å². The van der Waals surface area contributed by atoms with Crippen molar-refractivity contribution >= 4 is 5.91 Å². The SMILES string of the molecule is CNC(=O)C(N[C@H](CCc1ccc(C)cc1)c1ccc(F)c(C)c1)c1ccc(C)cc1. The molecule has 0 aromatic heterocycles. The van der Waals surface area contributed by atoms with Crippen LogP contribution in [0.15, 0.2) is 66.7 Å². The first kappa shape index (κ1) is 22.7. The number of hydrogen-bond acceptors (Lipinski definition) is 2. The van der Waals surface area contributed by atoms with Gasteiger partial charge in [0.1, 0.15) is 11.9 Å². The van der Waals surface area contributed by atoms with Crippen molar-refractivity contribution in [2.75, 3.05) is 7.05 Å². The van der Waals surface area contributed by atoms with Gasteiger partial charge in [-0.25, -0.2) is 4.39 Å². The van der Waals surface area contributed by atoms with Crippen LogP contribution >= 0.6 is 0 Å². The van der Waals surface area contributed by atoms with Crippen LogP contribution < -0.4 is 10.6 Å². The van der Waals surface area contributed by atoms with Gasteiger partial charge in [0.05, 0.1) is 0 Å². The van der Waals surface area contributed by atoms with Crippen LogP contribution in [0, 0.1) is 26.6 Å². The Morgan fingerprint density at radius 3 is 2.03 bits per heavy atom. The highest BCUT2D eigenvalue weighted by Crippen LogP contribution is 2.26. The lowest BCUT2D eigenvalue weighted by molar-refractivity contribution is -0.123. The fourth-order valence-corrected chi connectivity index (χ4v) is 3.72. The van der Waals surface area contributed by atoms with Crippen LogP contribution in [0.1, 0.15) is 51.9 Å². The van der Waals surface area contributed by atoms with Gasteiger partial charge in [0.2, 0.25) is 5.91 Å². The third kappa shape index (κ3) is 6.02. The highest BCUT2D eigenvalue weighted by Gasteiger charge is 2.24. The fraction of sp³-hybridized carbons (Fsp3) is 0.296. The second kappa shape index (κ2) is 10.4. The van der Waals surface area contributed by atoms with Crippen LogP contribution in [0.2, 0.25) is 0 Å². The highest BCUT2D eigenvalue weighted by molar-refractivity contribution is 5.83. The Bertz CT molecular complexity index is 1010. The van der Waals surface area contributed by atoms with Crippen molar-refractivity contribution in [2.24, 2.45) is 0 Å². The summed E-state index contributed by atoms with van der Waals surface area (Å²) in [4.78, 5) is 12.8. The van der Waals surface area contributed by atoms with Crippen LogP contribution in [0.5, 0.6) is 0 Å². The van der Waals surface area contributed by atoms with E-state index in [0.29, 0.717) is 5.56 Å². The molecule has 0 radical (unpaired) electrons. The van der Waals surface area contributed by atoms with Crippen LogP contribution in [0.4, 0.5) is 4.39 Å². The molecule has 0 aliphatic carbocycles. The van der Waals surface area contributed by atoms with Crippen molar-refractivity contribution in [3.63, 3.8) is 0 Å². The van der Waals surface area contributed by atoms with Crippen LogP contribution in [0.3, 0.4) is 0 Å². The van der Waals surface area contributed by atoms with Crippen LogP contribution in [-0.2, 0) is 11.2 Å². The molecule has 0 spiro atoms. The first-order valence-corrected chi connectivity index (χ1v) is 10.7. The maximum atomic E-state index is 13.9. The second-order valence-electron chi connectivity index (χ2n) is 8.21. The van der Waals surface area contributed by atoms with E-state index in [9.17, 15) is 9.18 Å². The summed E-state index contributed by atoms with van der Waals surface area (Å²) >= 11 is 0. The Hall–Kier alpha value is -2.98. The summed E-state index contributed by atoms with van der Waals surface area (Å²) in [6.45, 7) is 5.87. The Labute approximate surface area is 184 Å². The minimum Gasteiger partial charge on any atom is -0.358 e. The number of likely N-dealkylation sites (N-methyl/N-ethyl adjacent to an activating group) is 1. The van der Waals surface area contributed by atoms with Gasteiger partial charge in [-0.3, -0.25) is 10.1 Å². The zero-order valence-corrected chi connectivity index (χ0v) is 18.7. The monoisotopic (exact) mass is 418 g/mol. The molecule has 3 nitrogen and oxygen atoms in total. The number of rotatable bonds is 8. The molecule has 31 heavy (non-hydrogen) atoms. The molecule has 0 bridgehead atoms. The molecule has 162 valence electrons. The second-order valence-corrected chi connectivity index (χ2v) is 8.21. The normalized spacial score (nSPS) is 12.9. The average Bonchev–Trinajstić information content (AvgIpc) is 2.77. The van der Waals surface area contributed by atoms with E-state index in [4.69, 9.17) is 0 Å². The van der Waals surface area contributed by atoms with Gasteiger partial charge in [-0.1, -0.05) is 71.8 Å². The number of carbonyl (C=O) groups excluding carboxylic acids is 1. The van der Waals surface area contributed by atoms with Gasteiger partial charge in [-0.05, 0) is 61.9 Å². The summed E-state index contributed by atoms with van der Waals surface area (Å²) < 4.78 is 13.9. The molecule has 2 N–H and O–H groups in total. The lowest BCUT2D eigenvalue weighted by atomic mass is 9.95. The van der Waals surface area contributed by atoms with Crippen LogP contribution in [0.25, 0.3) is 0 Å². The van der Waals surface area contributed by atoms with Gasteiger partial charge in [0.15, 0.2) is 0 Å². The Kier molecular flexibility index (Phi) is 7.59. The van der Waals surface area contributed by atoms with E-state index in [1.165, 1.54) is 17.2 Å². The number of aryl methyl sites for hydroxylation is 4. The summed E-state index contributed by atoms with van der Waals surface area (Å²) in [5, 5.41) is 6.32. The quantitative estimate of drug-likeness (QED) is 0.507. The minimum atomic E-state index is -0.501. The number of hydrogen-bond donors (Lipinski definition) is 2. The van der Waals surface area contributed by atoms with Gasteiger partial charge in [-0.2, -0.15) is 0 Å². The summed E-state index contributed by atoms with van der Waals surface area (Å²) in [6, 6.07) is 21.1. The summed E-state index contributed by atoms with van der Waals surface area (Å²) in [5.41, 5.74) is 6.10. The zero-order valence-electron chi connectivity index (χ0n) is 18.7. The Morgan fingerprint density at radius 2 is 1.45 bits per heavy atom. The molecule has 0 saturated heterocycles. The first-order valence-electron chi connectivity index (χ1n) is 10.7. The van der Waals surface area contributed by atoms with E-state index in [-0.39, 0.29) is 17.8 Å². The van der Waals surface area contributed by atoms with Gasteiger partial charge < -0.3 is 5.32 Å². The van der Waals surface area contributed by atoms with E-state index < -0.39 is 6.04 Å². The van der Waals surface area contributed by atoms with Gasteiger partial charge >= 0.3 is 0 Å². The summed E-state index contributed by atoms with van der Waals surface area (Å²) in [7, 11) is 1.65. The topological polar surface area (TPSA) is 41.1 Å². The molecular formula is C27H31FN2O. The number of carbonyl (C=O) groups is 1. The predicted molar refractivity (Wildman–Crippen MR) is 125 cm³/mol. The van der Waals surface area contributed by atoms with Crippen molar-refractivity contribution in [1.29, 1.82) is 0 Å². The molecule has 2 atom stereocenters. The highest BCUT2D eigenvalue weighted by atomic mass is 19.1. The van der Waals surface area contributed by atoms with Crippen molar-refractivity contribution in [1.82, 2.24) is 10.6 Å². The molecule has 0 aliphatic rings. The average molecular weight is 419 g/mol. The molecule has 4 heteroatoms. The van der Waals surface area contributed by atoms with Gasteiger partial charge in [0, 0.05) is 13.1 Å². The number of nitrogens with one attached hydrogen (secondary N) is 2. The lowest BCUT2D eigenvalue weighted by Crippen LogP contribution is -2.38. The molecular weight excluding hydrogens is 387 g/mol. The Morgan fingerprint density at radius 1 is 0.871 bits per heavy atom. The van der Waals surface area contributed by atoms with E-state index >= 15 is 0 Å². The van der Waals surface area contributed by atoms with Crippen molar-refractivity contribution in [3.05, 3.63) is 106 Å². The Balaban J connectivity index is 1.90. The number of benzene rings is 3.